The lowest BCUT2D eigenvalue weighted by molar-refractivity contribution is -0.121. The summed E-state index contributed by atoms with van der Waals surface area (Å²) < 4.78 is 10.6. The molecule has 0 saturated carbocycles. The predicted molar refractivity (Wildman–Crippen MR) is 84.5 cm³/mol. The van der Waals surface area contributed by atoms with Gasteiger partial charge in [0.25, 0.3) is 5.91 Å². The van der Waals surface area contributed by atoms with Crippen molar-refractivity contribution in [3.05, 3.63) is 23.3 Å². The van der Waals surface area contributed by atoms with Crippen molar-refractivity contribution < 1.29 is 19.1 Å². The molecule has 0 atom stereocenters. The summed E-state index contributed by atoms with van der Waals surface area (Å²) in [5.74, 6) is 0.752. The molecule has 6 nitrogen and oxygen atoms in total. The van der Waals surface area contributed by atoms with Gasteiger partial charge >= 0.3 is 0 Å². The average molecular weight is 308 g/mol. The van der Waals surface area contributed by atoms with Gasteiger partial charge in [-0.1, -0.05) is 0 Å². The second-order valence-electron chi connectivity index (χ2n) is 4.78. The normalized spacial score (nSPS) is 10.0. The Bertz CT molecular complexity index is 518. The van der Waals surface area contributed by atoms with E-state index in [1.54, 1.807) is 26.4 Å². The van der Waals surface area contributed by atoms with Crippen molar-refractivity contribution in [2.75, 3.05) is 33.9 Å². The predicted octanol–water partition coefficient (Wildman–Crippen LogP) is 1.61. The molecule has 0 aromatic heterocycles. The first-order chi connectivity index (χ1) is 10.5. The molecule has 0 bridgehead atoms. The SMILES string of the molecule is CCNC(=O)CN(CC)C(=O)c1cc(OC)c(C)c(OC)c1. The molecule has 1 aromatic rings. The third-order valence-electron chi connectivity index (χ3n) is 3.38. The Kier molecular flexibility index (Phi) is 6.69. The van der Waals surface area contributed by atoms with Gasteiger partial charge in [-0.05, 0) is 32.9 Å². The monoisotopic (exact) mass is 308 g/mol. The van der Waals surface area contributed by atoms with Crippen molar-refractivity contribution in [3.8, 4) is 11.5 Å². The standard InChI is InChI=1S/C16H24N2O4/c1-6-17-15(19)10-18(7-2)16(20)12-8-13(21-4)11(3)14(9-12)22-5/h8-9H,6-7,10H2,1-5H3,(H,17,19). The fourth-order valence-corrected chi connectivity index (χ4v) is 2.15. The number of carbonyl (C=O) groups excluding carboxylic acids is 2. The summed E-state index contributed by atoms with van der Waals surface area (Å²) in [5.41, 5.74) is 1.26. The summed E-state index contributed by atoms with van der Waals surface area (Å²) >= 11 is 0. The second-order valence-corrected chi connectivity index (χ2v) is 4.78. The molecule has 0 saturated heterocycles. The average Bonchev–Trinajstić information content (AvgIpc) is 2.52. The van der Waals surface area contributed by atoms with Gasteiger partial charge in [0.2, 0.25) is 5.91 Å². The van der Waals surface area contributed by atoms with Crippen LogP contribution in [0.2, 0.25) is 0 Å². The number of methoxy groups -OCH3 is 2. The Morgan fingerprint density at radius 1 is 1.14 bits per heavy atom. The molecule has 0 radical (unpaired) electrons. The Labute approximate surface area is 131 Å². The Hall–Kier alpha value is -2.24. The van der Waals surface area contributed by atoms with Crippen LogP contribution in [0.3, 0.4) is 0 Å². The van der Waals surface area contributed by atoms with Crippen LogP contribution in [0, 0.1) is 6.92 Å². The Balaban J connectivity index is 3.06. The highest BCUT2D eigenvalue weighted by Gasteiger charge is 2.20. The molecule has 2 amide bonds. The van der Waals surface area contributed by atoms with Crippen molar-refractivity contribution in [1.82, 2.24) is 10.2 Å². The van der Waals surface area contributed by atoms with Crippen LogP contribution < -0.4 is 14.8 Å². The highest BCUT2D eigenvalue weighted by molar-refractivity contribution is 5.97. The van der Waals surface area contributed by atoms with E-state index in [4.69, 9.17) is 9.47 Å². The minimum atomic E-state index is -0.231. The third-order valence-corrected chi connectivity index (χ3v) is 3.38. The lowest BCUT2D eigenvalue weighted by Gasteiger charge is -2.21. The Morgan fingerprint density at radius 3 is 2.09 bits per heavy atom. The number of rotatable bonds is 7. The van der Waals surface area contributed by atoms with Crippen LogP contribution >= 0.6 is 0 Å². The topological polar surface area (TPSA) is 67.9 Å². The van der Waals surface area contributed by atoms with Crippen LogP contribution in [-0.2, 0) is 4.79 Å². The maximum atomic E-state index is 12.6. The summed E-state index contributed by atoms with van der Waals surface area (Å²) in [7, 11) is 3.09. The van der Waals surface area contributed by atoms with E-state index >= 15 is 0 Å². The van der Waals surface area contributed by atoms with Crippen molar-refractivity contribution in [2.24, 2.45) is 0 Å². The van der Waals surface area contributed by atoms with Gasteiger partial charge in [-0.15, -0.1) is 0 Å². The van der Waals surface area contributed by atoms with Gasteiger partial charge in [0.1, 0.15) is 11.5 Å². The smallest absolute Gasteiger partial charge is 0.254 e. The van der Waals surface area contributed by atoms with E-state index in [0.29, 0.717) is 30.2 Å². The fraction of sp³-hybridized carbons (Fsp3) is 0.500. The van der Waals surface area contributed by atoms with Gasteiger partial charge in [-0.2, -0.15) is 0 Å². The molecule has 1 aromatic carbocycles. The summed E-state index contributed by atoms with van der Waals surface area (Å²) in [6.45, 7) is 6.54. The molecule has 22 heavy (non-hydrogen) atoms. The lowest BCUT2D eigenvalue weighted by Crippen LogP contribution is -2.40. The zero-order valence-electron chi connectivity index (χ0n) is 13.9. The first kappa shape index (κ1) is 17.8. The molecule has 0 aliphatic heterocycles. The largest absolute Gasteiger partial charge is 0.496 e. The van der Waals surface area contributed by atoms with E-state index in [9.17, 15) is 9.59 Å². The number of ether oxygens (including phenoxy) is 2. The first-order valence-corrected chi connectivity index (χ1v) is 7.27. The first-order valence-electron chi connectivity index (χ1n) is 7.27. The maximum Gasteiger partial charge on any atom is 0.254 e. The molecule has 1 rings (SSSR count). The van der Waals surface area contributed by atoms with Crippen LogP contribution in [0.5, 0.6) is 11.5 Å². The summed E-state index contributed by atoms with van der Waals surface area (Å²) in [5, 5.41) is 2.69. The number of hydrogen-bond acceptors (Lipinski definition) is 4. The number of amides is 2. The number of likely N-dealkylation sites (N-methyl/N-ethyl adjacent to an activating group) is 2. The molecule has 0 aliphatic carbocycles. The summed E-state index contributed by atoms with van der Waals surface area (Å²) in [6, 6.07) is 3.33. The number of nitrogens with one attached hydrogen (secondary N) is 1. The van der Waals surface area contributed by atoms with Crippen LogP contribution in [0.15, 0.2) is 12.1 Å². The molecule has 0 aliphatic rings. The maximum absolute atomic E-state index is 12.6. The van der Waals surface area contributed by atoms with E-state index in [-0.39, 0.29) is 18.4 Å². The second kappa shape index (κ2) is 8.26. The van der Waals surface area contributed by atoms with E-state index in [0.717, 1.165) is 5.56 Å². The van der Waals surface area contributed by atoms with Crippen molar-refractivity contribution in [3.63, 3.8) is 0 Å². The van der Waals surface area contributed by atoms with Gasteiger partial charge in [-0.3, -0.25) is 9.59 Å². The van der Waals surface area contributed by atoms with Crippen LogP contribution in [0.25, 0.3) is 0 Å². The molecule has 122 valence electrons. The van der Waals surface area contributed by atoms with E-state index in [1.807, 2.05) is 20.8 Å². The van der Waals surface area contributed by atoms with Gasteiger partial charge in [-0.25, -0.2) is 0 Å². The van der Waals surface area contributed by atoms with Crippen molar-refractivity contribution >= 4 is 11.8 Å². The van der Waals surface area contributed by atoms with Crippen LogP contribution in [0.4, 0.5) is 0 Å². The quantitative estimate of drug-likeness (QED) is 0.831. The minimum absolute atomic E-state index is 0.0294. The van der Waals surface area contributed by atoms with Crippen molar-refractivity contribution in [1.29, 1.82) is 0 Å². The van der Waals surface area contributed by atoms with Gasteiger partial charge in [0.05, 0.1) is 20.8 Å². The fourth-order valence-electron chi connectivity index (χ4n) is 2.15. The summed E-state index contributed by atoms with van der Waals surface area (Å²) in [4.78, 5) is 25.8. The minimum Gasteiger partial charge on any atom is -0.496 e. The number of hydrogen-bond donors (Lipinski definition) is 1. The van der Waals surface area contributed by atoms with Crippen molar-refractivity contribution in [2.45, 2.75) is 20.8 Å². The van der Waals surface area contributed by atoms with Gasteiger partial charge < -0.3 is 19.7 Å². The van der Waals surface area contributed by atoms with Crippen LogP contribution in [0.1, 0.15) is 29.8 Å². The van der Waals surface area contributed by atoms with Gasteiger partial charge in [0, 0.05) is 24.2 Å². The molecule has 0 fully saturated rings. The van der Waals surface area contributed by atoms with Gasteiger partial charge in [0.15, 0.2) is 0 Å². The zero-order valence-corrected chi connectivity index (χ0v) is 13.9. The molecule has 1 N–H and O–H groups in total. The number of nitrogens with zero attached hydrogens (tertiary/aromatic N) is 1. The number of benzene rings is 1. The molecule has 0 unspecified atom stereocenters. The van der Waals surface area contributed by atoms with E-state index in [1.165, 1.54) is 4.90 Å². The van der Waals surface area contributed by atoms with E-state index < -0.39 is 0 Å². The molecular weight excluding hydrogens is 284 g/mol. The molecule has 0 spiro atoms. The highest BCUT2D eigenvalue weighted by atomic mass is 16.5. The lowest BCUT2D eigenvalue weighted by atomic mass is 10.1. The zero-order chi connectivity index (χ0) is 16.7. The molecule has 0 heterocycles. The molecular formula is C16H24N2O4. The number of carbonyl (C=O) groups is 2. The highest BCUT2D eigenvalue weighted by Crippen LogP contribution is 2.29. The Morgan fingerprint density at radius 2 is 1.68 bits per heavy atom. The summed E-state index contributed by atoms with van der Waals surface area (Å²) in [6.07, 6.45) is 0. The van der Waals surface area contributed by atoms with Crippen LogP contribution in [-0.4, -0.2) is 50.6 Å². The van der Waals surface area contributed by atoms with E-state index in [2.05, 4.69) is 5.32 Å². The molecule has 6 heteroatoms. The third kappa shape index (κ3) is 4.13.